The van der Waals surface area contributed by atoms with Gasteiger partial charge in [0.15, 0.2) is 0 Å². The Morgan fingerprint density at radius 3 is 2.95 bits per heavy atom. The van der Waals surface area contributed by atoms with Gasteiger partial charge in [-0.05, 0) is 55.5 Å². The van der Waals surface area contributed by atoms with Crippen LogP contribution in [0.25, 0.3) is 0 Å². The molecule has 1 aromatic carbocycles. The Hall–Kier alpha value is -0.710. The zero-order chi connectivity index (χ0) is 14.6. The molecule has 0 heterocycles. The Morgan fingerprint density at radius 2 is 2.20 bits per heavy atom. The molecule has 0 aliphatic rings. The highest BCUT2D eigenvalue weighted by atomic mass is 32.2. The summed E-state index contributed by atoms with van der Waals surface area (Å²) in [5, 5.41) is 13.1. The van der Waals surface area contributed by atoms with Crippen LogP contribution in [-0.2, 0) is 6.42 Å². The molecule has 1 rings (SSSR count). The fourth-order valence-corrected chi connectivity index (χ4v) is 2.36. The van der Waals surface area contributed by atoms with Crippen LogP contribution in [-0.4, -0.2) is 42.9 Å². The summed E-state index contributed by atoms with van der Waals surface area (Å²) in [7, 11) is 0. The summed E-state index contributed by atoms with van der Waals surface area (Å²) in [5.41, 5.74) is 1.25. The number of unbranched alkanes of at least 4 members (excludes halogenated alkanes) is 1. The van der Waals surface area contributed by atoms with Crippen LogP contribution in [0.1, 0.15) is 25.3 Å². The number of nitrogens with one attached hydrogen (secondary N) is 1. The Labute approximate surface area is 127 Å². The number of aliphatic hydroxyl groups excluding tert-OH is 1. The second kappa shape index (κ2) is 11.0. The molecule has 1 aromatic rings. The van der Waals surface area contributed by atoms with Gasteiger partial charge in [0.2, 0.25) is 0 Å². The molecule has 1 unspecified atom stereocenters. The van der Waals surface area contributed by atoms with Crippen molar-refractivity contribution in [1.29, 1.82) is 0 Å². The molecule has 0 spiro atoms. The van der Waals surface area contributed by atoms with Gasteiger partial charge in [-0.3, -0.25) is 0 Å². The predicted octanol–water partition coefficient (Wildman–Crippen LogP) is 2.72. The lowest BCUT2D eigenvalue weighted by atomic mass is 10.2. The van der Waals surface area contributed by atoms with E-state index in [1.807, 2.05) is 30.0 Å². The molecule has 0 aliphatic heterocycles. The highest BCUT2D eigenvalue weighted by Gasteiger charge is 2.05. The first-order valence-corrected chi connectivity index (χ1v) is 8.75. The Bertz CT molecular complexity index is 360. The minimum absolute atomic E-state index is 0.338. The van der Waals surface area contributed by atoms with Crippen molar-refractivity contribution in [2.75, 3.05) is 31.7 Å². The molecule has 3 nitrogen and oxygen atoms in total. The van der Waals surface area contributed by atoms with E-state index >= 15 is 0 Å². The molecule has 2 N–H and O–H groups in total. The maximum Gasteiger partial charge on any atom is 0.119 e. The van der Waals surface area contributed by atoms with Gasteiger partial charge in [-0.2, -0.15) is 11.8 Å². The second-order valence-corrected chi connectivity index (χ2v) is 5.86. The van der Waals surface area contributed by atoms with Crippen LogP contribution in [0.15, 0.2) is 24.3 Å². The summed E-state index contributed by atoms with van der Waals surface area (Å²) in [6.45, 7) is 4.01. The standard InChI is InChI=1S/C16H27NO2S/c1-3-14-7-6-8-16(11-14)19-13-15(18)12-17-9-4-5-10-20-2/h6-8,11,15,17-18H,3-5,9-10,12-13H2,1-2H3. The Morgan fingerprint density at radius 1 is 1.35 bits per heavy atom. The van der Waals surface area contributed by atoms with Crippen LogP contribution < -0.4 is 10.1 Å². The molecule has 20 heavy (non-hydrogen) atoms. The van der Waals surface area contributed by atoms with E-state index < -0.39 is 6.10 Å². The number of hydrogen-bond acceptors (Lipinski definition) is 4. The molecule has 0 fully saturated rings. The summed E-state index contributed by atoms with van der Waals surface area (Å²) in [6, 6.07) is 8.04. The van der Waals surface area contributed by atoms with Crippen molar-refractivity contribution in [3.05, 3.63) is 29.8 Å². The second-order valence-electron chi connectivity index (χ2n) is 4.87. The summed E-state index contributed by atoms with van der Waals surface area (Å²) < 4.78 is 5.61. The van der Waals surface area contributed by atoms with Crippen molar-refractivity contribution < 1.29 is 9.84 Å². The van der Waals surface area contributed by atoms with Gasteiger partial charge < -0.3 is 15.2 Å². The normalized spacial score (nSPS) is 12.3. The van der Waals surface area contributed by atoms with E-state index in [1.165, 1.54) is 17.7 Å². The van der Waals surface area contributed by atoms with Gasteiger partial charge >= 0.3 is 0 Å². The van der Waals surface area contributed by atoms with Crippen molar-refractivity contribution in [3.63, 3.8) is 0 Å². The molecule has 0 amide bonds. The zero-order valence-electron chi connectivity index (χ0n) is 12.6. The third-order valence-corrected chi connectivity index (χ3v) is 3.78. The number of aryl methyl sites for hydroxylation is 1. The number of hydrogen-bond donors (Lipinski definition) is 2. The van der Waals surface area contributed by atoms with Crippen LogP contribution in [0, 0.1) is 0 Å². The largest absolute Gasteiger partial charge is 0.491 e. The quantitative estimate of drug-likeness (QED) is 0.616. The SMILES string of the molecule is CCc1cccc(OCC(O)CNCCCCSC)c1. The van der Waals surface area contributed by atoms with Crippen LogP contribution in [0.3, 0.4) is 0 Å². The molecule has 0 saturated heterocycles. The third-order valence-electron chi connectivity index (χ3n) is 3.08. The highest BCUT2D eigenvalue weighted by Crippen LogP contribution is 2.13. The number of aliphatic hydroxyl groups is 1. The predicted molar refractivity (Wildman–Crippen MR) is 87.8 cm³/mol. The van der Waals surface area contributed by atoms with Gasteiger partial charge in [-0.15, -0.1) is 0 Å². The van der Waals surface area contributed by atoms with Crippen molar-refractivity contribution in [2.45, 2.75) is 32.3 Å². The van der Waals surface area contributed by atoms with E-state index in [9.17, 15) is 5.11 Å². The summed E-state index contributed by atoms with van der Waals surface area (Å²) in [6.07, 6.45) is 5.05. The van der Waals surface area contributed by atoms with Gasteiger partial charge in [-0.25, -0.2) is 0 Å². The smallest absolute Gasteiger partial charge is 0.119 e. The van der Waals surface area contributed by atoms with Crippen LogP contribution in [0.2, 0.25) is 0 Å². The lowest BCUT2D eigenvalue weighted by molar-refractivity contribution is 0.106. The Balaban J connectivity index is 2.11. The summed E-state index contributed by atoms with van der Waals surface area (Å²) in [4.78, 5) is 0. The number of benzene rings is 1. The maximum absolute atomic E-state index is 9.85. The average Bonchev–Trinajstić information content (AvgIpc) is 2.49. The number of thioether (sulfide) groups is 1. The molecule has 0 radical (unpaired) electrons. The van der Waals surface area contributed by atoms with Crippen molar-refractivity contribution >= 4 is 11.8 Å². The van der Waals surface area contributed by atoms with Crippen molar-refractivity contribution in [3.8, 4) is 5.75 Å². The highest BCUT2D eigenvalue weighted by molar-refractivity contribution is 7.98. The number of ether oxygens (including phenoxy) is 1. The van der Waals surface area contributed by atoms with E-state index in [4.69, 9.17) is 4.74 Å². The molecule has 0 aliphatic carbocycles. The minimum atomic E-state index is -0.458. The molecule has 1 atom stereocenters. The van der Waals surface area contributed by atoms with Gasteiger partial charge in [0, 0.05) is 6.54 Å². The van der Waals surface area contributed by atoms with Crippen LogP contribution >= 0.6 is 11.8 Å². The zero-order valence-corrected chi connectivity index (χ0v) is 13.4. The third kappa shape index (κ3) is 7.78. The molecule has 4 heteroatoms. The molecular formula is C16H27NO2S. The number of rotatable bonds is 11. The molecule has 0 saturated carbocycles. The van der Waals surface area contributed by atoms with Crippen LogP contribution in [0.5, 0.6) is 5.75 Å². The average molecular weight is 297 g/mol. The van der Waals surface area contributed by atoms with E-state index in [2.05, 4.69) is 24.6 Å². The first-order chi connectivity index (χ1) is 9.76. The summed E-state index contributed by atoms with van der Waals surface area (Å²) in [5.74, 6) is 2.05. The van der Waals surface area contributed by atoms with E-state index in [-0.39, 0.29) is 0 Å². The van der Waals surface area contributed by atoms with Gasteiger partial charge in [0.25, 0.3) is 0 Å². The van der Waals surface area contributed by atoms with E-state index in [0.717, 1.165) is 25.1 Å². The topological polar surface area (TPSA) is 41.5 Å². The van der Waals surface area contributed by atoms with E-state index in [0.29, 0.717) is 13.2 Å². The lowest BCUT2D eigenvalue weighted by Crippen LogP contribution is -2.32. The maximum atomic E-state index is 9.85. The fourth-order valence-electron chi connectivity index (χ4n) is 1.87. The lowest BCUT2D eigenvalue weighted by Gasteiger charge is -2.13. The first kappa shape index (κ1) is 17.3. The monoisotopic (exact) mass is 297 g/mol. The van der Waals surface area contributed by atoms with Gasteiger partial charge in [0.05, 0.1) is 0 Å². The van der Waals surface area contributed by atoms with Crippen molar-refractivity contribution in [1.82, 2.24) is 5.32 Å². The molecule has 0 bridgehead atoms. The van der Waals surface area contributed by atoms with Crippen molar-refractivity contribution in [2.24, 2.45) is 0 Å². The van der Waals surface area contributed by atoms with Crippen LogP contribution in [0.4, 0.5) is 0 Å². The molecular weight excluding hydrogens is 270 g/mol. The van der Waals surface area contributed by atoms with Gasteiger partial charge in [0.1, 0.15) is 18.5 Å². The Kier molecular flexibility index (Phi) is 9.54. The van der Waals surface area contributed by atoms with Gasteiger partial charge in [-0.1, -0.05) is 19.1 Å². The first-order valence-electron chi connectivity index (χ1n) is 7.35. The molecule has 0 aromatic heterocycles. The molecule has 114 valence electrons. The van der Waals surface area contributed by atoms with E-state index in [1.54, 1.807) is 0 Å². The minimum Gasteiger partial charge on any atom is -0.491 e. The summed E-state index contributed by atoms with van der Waals surface area (Å²) >= 11 is 1.88. The fraction of sp³-hybridized carbons (Fsp3) is 0.625.